The second-order valence-corrected chi connectivity index (χ2v) is 7.47. The minimum Gasteiger partial charge on any atom is -0.487 e. The summed E-state index contributed by atoms with van der Waals surface area (Å²) in [6, 6.07) is 17.7. The number of para-hydroxylation sites is 1. The minimum atomic E-state index is 0.151. The van der Waals surface area contributed by atoms with E-state index in [1.807, 2.05) is 61.5 Å². The van der Waals surface area contributed by atoms with Crippen molar-refractivity contribution in [3.05, 3.63) is 66.0 Å². The van der Waals surface area contributed by atoms with E-state index >= 15 is 0 Å². The lowest BCUT2D eigenvalue weighted by molar-refractivity contribution is -0.00547. The molecule has 150 valence electrons. The van der Waals surface area contributed by atoms with Crippen LogP contribution in [0.3, 0.4) is 0 Å². The third-order valence-corrected chi connectivity index (χ3v) is 4.76. The molecule has 1 aliphatic heterocycles. The Labute approximate surface area is 171 Å². The monoisotopic (exact) mass is 390 g/mol. The molecule has 29 heavy (non-hydrogen) atoms. The van der Waals surface area contributed by atoms with Gasteiger partial charge in [-0.3, -0.25) is 0 Å². The summed E-state index contributed by atoms with van der Waals surface area (Å²) in [5.41, 5.74) is 2.53. The van der Waals surface area contributed by atoms with Gasteiger partial charge in [0, 0.05) is 24.8 Å². The fraction of sp³-hybridized carbons (Fsp3) is 0.348. The van der Waals surface area contributed by atoms with Crippen molar-refractivity contribution < 1.29 is 9.47 Å². The number of ether oxygens (including phenoxy) is 2. The minimum absolute atomic E-state index is 0.151. The standard InChI is InChI=1S/C23H26N4O2/c1-16-8-7-11-21(24-16)23-25-19(15-28-20-9-5-4-6-10-20)12-22(26-23)27-13-17(2)29-18(3)14-27/h4-12,17-18H,13-15H2,1-3H3. The van der Waals surface area contributed by atoms with Gasteiger partial charge in [0.05, 0.1) is 17.9 Å². The Kier molecular flexibility index (Phi) is 5.71. The summed E-state index contributed by atoms with van der Waals surface area (Å²) in [4.78, 5) is 16.4. The van der Waals surface area contributed by atoms with Gasteiger partial charge in [-0.1, -0.05) is 24.3 Å². The number of aromatic nitrogens is 3. The zero-order valence-electron chi connectivity index (χ0n) is 17.1. The van der Waals surface area contributed by atoms with Crippen LogP contribution in [0.2, 0.25) is 0 Å². The molecule has 2 atom stereocenters. The maximum absolute atomic E-state index is 5.94. The first-order chi connectivity index (χ1) is 14.1. The number of pyridine rings is 1. The molecule has 0 radical (unpaired) electrons. The Morgan fingerprint density at radius 1 is 0.966 bits per heavy atom. The summed E-state index contributed by atoms with van der Waals surface area (Å²) in [7, 11) is 0. The molecule has 0 bridgehead atoms. The number of benzene rings is 1. The highest BCUT2D eigenvalue weighted by atomic mass is 16.5. The zero-order valence-corrected chi connectivity index (χ0v) is 17.1. The van der Waals surface area contributed by atoms with Gasteiger partial charge in [0.15, 0.2) is 5.82 Å². The van der Waals surface area contributed by atoms with Crippen LogP contribution in [0.15, 0.2) is 54.6 Å². The Morgan fingerprint density at radius 2 is 1.72 bits per heavy atom. The molecular formula is C23H26N4O2. The van der Waals surface area contributed by atoms with Crippen molar-refractivity contribution in [3.8, 4) is 17.3 Å². The molecule has 2 unspecified atom stereocenters. The molecule has 1 aromatic carbocycles. The van der Waals surface area contributed by atoms with Gasteiger partial charge in [0.1, 0.15) is 23.9 Å². The molecule has 0 aliphatic carbocycles. The lowest BCUT2D eigenvalue weighted by Gasteiger charge is -2.36. The SMILES string of the molecule is Cc1cccc(-c2nc(COc3ccccc3)cc(N3CC(C)OC(C)C3)n2)n1. The van der Waals surface area contributed by atoms with Crippen molar-refractivity contribution in [3.63, 3.8) is 0 Å². The third-order valence-electron chi connectivity index (χ3n) is 4.76. The topological polar surface area (TPSA) is 60.4 Å². The van der Waals surface area contributed by atoms with Gasteiger partial charge in [0.25, 0.3) is 0 Å². The van der Waals surface area contributed by atoms with E-state index in [1.165, 1.54) is 0 Å². The van der Waals surface area contributed by atoms with Crippen molar-refractivity contribution in [2.45, 2.75) is 39.6 Å². The summed E-state index contributed by atoms with van der Waals surface area (Å²) >= 11 is 0. The number of rotatable bonds is 5. The van der Waals surface area contributed by atoms with E-state index in [1.54, 1.807) is 0 Å². The van der Waals surface area contributed by atoms with E-state index < -0.39 is 0 Å². The molecule has 6 heteroatoms. The lowest BCUT2D eigenvalue weighted by Crippen LogP contribution is -2.46. The van der Waals surface area contributed by atoms with Crippen LogP contribution in [0.1, 0.15) is 25.2 Å². The number of morpholine rings is 1. The van der Waals surface area contributed by atoms with Gasteiger partial charge in [0.2, 0.25) is 0 Å². The normalized spacial score (nSPS) is 19.2. The molecule has 3 aromatic rings. The van der Waals surface area contributed by atoms with E-state index in [4.69, 9.17) is 19.4 Å². The molecule has 0 spiro atoms. The van der Waals surface area contributed by atoms with Gasteiger partial charge < -0.3 is 14.4 Å². The first-order valence-electron chi connectivity index (χ1n) is 9.97. The summed E-state index contributed by atoms with van der Waals surface area (Å²) in [5.74, 6) is 2.31. The summed E-state index contributed by atoms with van der Waals surface area (Å²) in [6.45, 7) is 8.10. The number of nitrogens with zero attached hydrogens (tertiary/aromatic N) is 4. The Balaban J connectivity index is 1.67. The second-order valence-electron chi connectivity index (χ2n) is 7.47. The van der Waals surface area contributed by atoms with Crippen molar-refractivity contribution in [2.75, 3.05) is 18.0 Å². The molecule has 6 nitrogen and oxygen atoms in total. The number of hydrogen-bond donors (Lipinski definition) is 0. The van der Waals surface area contributed by atoms with E-state index in [-0.39, 0.29) is 12.2 Å². The number of aryl methyl sites for hydroxylation is 1. The van der Waals surface area contributed by atoms with Gasteiger partial charge in [-0.25, -0.2) is 15.0 Å². The van der Waals surface area contributed by atoms with Gasteiger partial charge in [-0.15, -0.1) is 0 Å². The van der Waals surface area contributed by atoms with E-state index in [2.05, 4.69) is 23.7 Å². The lowest BCUT2D eigenvalue weighted by atomic mass is 10.2. The van der Waals surface area contributed by atoms with Crippen molar-refractivity contribution in [1.82, 2.24) is 15.0 Å². The number of anilines is 1. The van der Waals surface area contributed by atoms with Crippen LogP contribution in [0, 0.1) is 6.92 Å². The van der Waals surface area contributed by atoms with Crippen LogP contribution in [-0.2, 0) is 11.3 Å². The highest BCUT2D eigenvalue weighted by molar-refractivity contribution is 5.54. The molecule has 1 saturated heterocycles. The average Bonchev–Trinajstić information content (AvgIpc) is 2.72. The molecule has 1 fully saturated rings. The van der Waals surface area contributed by atoms with Crippen LogP contribution in [0.4, 0.5) is 5.82 Å². The second kappa shape index (κ2) is 8.57. The average molecular weight is 390 g/mol. The first-order valence-corrected chi connectivity index (χ1v) is 9.97. The molecular weight excluding hydrogens is 364 g/mol. The fourth-order valence-electron chi connectivity index (χ4n) is 3.54. The van der Waals surface area contributed by atoms with Crippen molar-refractivity contribution in [1.29, 1.82) is 0 Å². The first kappa shape index (κ1) is 19.3. The Morgan fingerprint density at radius 3 is 2.45 bits per heavy atom. The third kappa shape index (κ3) is 4.90. The number of hydrogen-bond acceptors (Lipinski definition) is 6. The van der Waals surface area contributed by atoms with E-state index in [0.717, 1.165) is 41.7 Å². The van der Waals surface area contributed by atoms with Crippen LogP contribution in [0.25, 0.3) is 11.5 Å². The van der Waals surface area contributed by atoms with Crippen LogP contribution in [0.5, 0.6) is 5.75 Å². The Hall–Kier alpha value is -2.99. The maximum Gasteiger partial charge on any atom is 0.180 e. The molecule has 0 N–H and O–H groups in total. The molecule has 2 aromatic heterocycles. The largest absolute Gasteiger partial charge is 0.487 e. The highest BCUT2D eigenvalue weighted by Gasteiger charge is 2.24. The molecule has 1 aliphatic rings. The summed E-state index contributed by atoms with van der Waals surface area (Å²) in [6.07, 6.45) is 0.302. The molecule has 0 amide bonds. The smallest absolute Gasteiger partial charge is 0.180 e. The van der Waals surface area contributed by atoms with Crippen LogP contribution in [-0.4, -0.2) is 40.2 Å². The predicted octanol–water partition coefficient (Wildman–Crippen LogP) is 4.04. The quantitative estimate of drug-likeness (QED) is 0.655. The van der Waals surface area contributed by atoms with Gasteiger partial charge >= 0.3 is 0 Å². The molecule has 3 heterocycles. The van der Waals surface area contributed by atoms with E-state index in [9.17, 15) is 0 Å². The molecule has 4 rings (SSSR count). The fourth-order valence-corrected chi connectivity index (χ4v) is 3.54. The van der Waals surface area contributed by atoms with Crippen LogP contribution < -0.4 is 9.64 Å². The summed E-state index contributed by atoms with van der Waals surface area (Å²) in [5, 5.41) is 0. The molecule has 0 saturated carbocycles. The van der Waals surface area contributed by atoms with Crippen molar-refractivity contribution in [2.24, 2.45) is 0 Å². The zero-order chi connectivity index (χ0) is 20.2. The highest BCUT2D eigenvalue weighted by Crippen LogP contribution is 2.23. The Bertz CT molecular complexity index is 954. The van der Waals surface area contributed by atoms with Crippen molar-refractivity contribution >= 4 is 5.82 Å². The van der Waals surface area contributed by atoms with Crippen LogP contribution >= 0.6 is 0 Å². The summed E-state index contributed by atoms with van der Waals surface area (Å²) < 4.78 is 11.8. The van der Waals surface area contributed by atoms with E-state index in [0.29, 0.717) is 12.4 Å². The van der Waals surface area contributed by atoms with Gasteiger partial charge in [-0.05, 0) is 45.0 Å². The maximum atomic E-state index is 5.94. The predicted molar refractivity (Wildman–Crippen MR) is 113 cm³/mol. The van der Waals surface area contributed by atoms with Gasteiger partial charge in [-0.2, -0.15) is 0 Å².